The molecular formula is C5H3F3N2S. The topological polar surface area (TPSA) is 25.8 Å². The van der Waals surface area contributed by atoms with E-state index in [0.717, 1.165) is 0 Å². The summed E-state index contributed by atoms with van der Waals surface area (Å²) in [5.74, 6) is 0. The zero-order valence-corrected chi connectivity index (χ0v) is 5.99. The maximum absolute atomic E-state index is 11.6. The second-order valence-electron chi connectivity index (χ2n) is 1.61. The molecule has 0 atom stereocenters. The Morgan fingerprint density at radius 2 is 2.09 bits per heavy atom. The molecule has 1 aromatic rings. The van der Waals surface area contributed by atoms with E-state index in [-0.39, 0.29) is 16.8 Å². The molecule has 1 heterocycles. The van der Waals surface area contributed by atoms with Gasteiger partial charge >= 0.3 is 5.51 Å². The molecule has 6 heteroatoms. The summed E-state index contributed by atoms with van der Waals surface area (Å²) in [6.45, 7) is 0. The summed E-state index contributed by atoms with van der Waals surface area (Å²) >= 11 is -0.273. The molecule has 0 amide bonds. The summed E-state index contributed by atoms with van der Waals surface area (Å²) in [7, 11) is 0. The van der Waals surface area contributed by atoms with Crippen molar-refractivity contribution in [3.8, 4) is 0 Å². The Morgan fingerprint density at radius 1 is 1.36 bits per heavy atom. The molecule has 0 unspecified atom stereocenters. The maximum Gasteiger partial charge on any atom is 0.447 e. The van der Waals surface area contributed by atoms with Crippen LogP contribution in [0.1, 0.15) is 0 Å². The third-order valence-electron chi connectivity index (χ3n) is 0.768. The summed E-state index contributed by atoms with van der Waals surface area (Å²) < 4.78 is 34.9. The van der Waals surface area contributed by atoms with Crippen LogP contribution in [0.15, 0.2) is 23.4 Å². The third kappa shape index (κ3) is 3.22. The highest BCUT2D eigenvalue weighted by atomic mass is 32.2. The van der Waals surface area contributed by atoms with Gasteiger partial charge in [-0.2, -0.15) is 18.3 Å². The van der Waals surface area contributed by atoms with Crippen molar-refractivity contribution in [3.05, 3.63) is 18.3 Å². The van der Waals surface area contributed by atoms with Gasteiger partial charge in [-0.25, -0.2) is 0 Å². The highest BCUT2D eigenvalue weighted by Gasteiger charge is 2.29. The monoisotopic (exact) mass is 180 g/mol. The fourth-order valence-corrected chi connectivity index (χ4v) is 0.932. The molecule has 1 aromatic heterocycles. The molecule has 0 bridgehead atoms. The highest BCUT2D eigenvalue weighted by molar-refractivity contribution is 8.00. The Bertz CT molecular complexity index is 223. The number of thioether (sulfide) groups is 1. The number of hydrogen-bond acceptors (Lipinski definition) is 3. The molecule has 0 aliphatic rings. The summed E-state index contributed by atoms with van der Waals surface area (Å²) in [6.07, 6.45) is 1.32. The minimum Gasteiger partial charge on any atom is -0.160 e. The van der Waals surface area contributed by atoms with Crippen molar-refractivity contribution in [1.29, 1.82) is 0 Å². The third-order valence-corrected chi connectivity index (χ3v) is 1.43. The molecule has 0 aromatic carbocycles. The smallest absolute Gasteiger partial charge is 0.160 e. The SMILES string of the molecule is FC(F)(F)Sc1cccnn1. The van der Waals surface area contributed by atoms with Crippen LogP contribution in [0.3, 0.4) is 0 Å². The molecule has 0 radical (unpaired) electrons. The lowest BCUT2D eigenvalue weighted by Gasteiger charge is -2.01. The van der Waals surface area contributed by atoms with Crippen LogP contribution < -0.4 is 0 Å². The van der Waals surface area contributed by atoms with E-state index in [1.807, 2.05) is 0 Å². The van der Waals surface area contributed by atoms with E-state index in [2.05, 4.69) is 10.2 Å². The van der Waals surface area contributed by atoms with E-state index in [9.17, 15) is 13.2 Å². The van der Waals surface area contributed by atoms with Gasteiger partial charge in [-0.15, -0.1) is 5.10 Å². The maximum atomic E-state index is 11.6. The van der Waals surface area contributed by atoms with Crippen molar-refractivity contribution >= 4 is 11.8 Å². The lowest BCUT2D eigenvalue weighted by molar-refractivity contribution is -0.0329. The predicted octanol–water partition coefficient (Wildman–Crippen LogP) is 2.09. The van der Waals surface area contributed by atoms with Crippen molar-refractivity contribution in [2.24, 2.45) is 0 Å². The summed E-state index contributed by atoms with van der Waals surface area (Å²) in [4.78, 5) is 0. The van der Waals surface area contributed by atoms with Crippen molar-refractivity contribution in [2.45, 2.75) is 10.5 Å². The van der Waals surface area contributed by atoms with Crippen molar-refractivity contribution < 1.29 is 13.2 Å². The molecule has 0 saturated heterocycles. The van der Waals surface area contributed by atoms with E-state index < -0.39 is 5.51 Å². The van der Waals surface area contributed by atoms with E-state index in [4.69, 9.17) is 0 Å². The Morgan fingerprint density at radius 3 is 2.55 bits per heavy atom. The van der Waals surface area contributed by atoms with Gasteiger partial charge in [-0.1, -0.05) is 0 Å². The average Bonchev–Trinajstić information content (AvgIpc) is 1.85. The van der Waals surface area contributed by atoms with Gasteiger partial charge in [-0.05, 0) is 12.1 Å². The largest absolute Gasteiger partial charge is 0.447 e. The van der Waals surface area contributed by atoms with Gasteiger partial charge in [-0.3, -0.25) is 0 Å². The predicted molar refractivity (Wildman–Crippen MR) is 33.9 cm³/mol. The minimum absolute atomic E-state index is 0.139. The van der Waals surface area contributed by atoms with Crippen LogP contribution >= 0.6 is 11.8 Å². The number of aromatic nitrogens is 2. The molecule has 60 valence electrons. The van der Waals surface area contributed by atoms with Crippen molar-refractivity contribution in [1.82, 2.24) is 10.2 Å². The molecule has 0 fully saturated rings. The first-order chi connectivity index (χ1) is 5.08. The lowest BCUT2D eigenvalue weighted by Crippen LogP contribution is -2.00. The Labute approximate surface area is 64.8 Å². The fraction of sp³-hybridized carbons (Fsp3) is 0.200. The van der Waals surface area contributed by atoms with Crippen molar-refractivity contribution in [3.63, 3.8) is 0 Å². The van der Waals surface area contributed by atoms with Gasteiger partial charge < -0.3 is 0 Å². The van der Waals surface area contributed by atoms with Crippen LogP contribution in [0.4, 0.5) is 13.2 Å². The van der Waals surface area contributed by atoms with Crippen LogP contribution in [0.2, 0.25) is 0 Å². The molecular weight excluding hydrogens is 177 g/mol. The second-order valence-corrected chi connectivity index (χ2v) is 2.70. The molecule has 1 rings (SSSR count). The molecule has 0 saturated carbocycles. The summed E-state index contributed by atoms with van der Waals surface area (Å²) in [5, 5.41) is 6.42. The Kier molecular flexibility index (Phi) is 2.33. The fourth-order valence-electron chi connectivity index (χ4n) is 0.460. The van der Waals surface area contributed by atoms with E-state index in [0.29, 0.717) is 0 Å². The van der Waals surface area contributed by atoms with Crippen LogP contribution in [-0.2, 0) is 0 Å². The van der Waals surface area contributed by atoms with Crippen molar-refractivity contribution in [2.75, 3.05) is 0 Å². The van der Waals surface area contributed by atoms with Crippen LogP contribution in [0.25, 0.3) is 0 Å². The van der Waals surface area contributed by atoms with Crippen LogP contribution in [0, 0.1) is 0 Å². The van der Waals surface area contributed by atoms with Crippen LogP contribution in [-0.4, -0.2) is 15.7 Å². The zero-order valence-electron chi connectivity index (χ0n) is 5.17. The molecule has 0 aliphatic carbocycles. The molecule has 11 heavy (non-hydrogen) atoms. The summed E-state index contributed by atoms with van der Waals surface area (Å²) in [6, 6.07) is 2.66. The Balaban J connectivity index is 2.66. The normalized spacial score (nSPS) is 11.5. The Hall–Kier alpha value is -0.780. The quantitative estimate of drug-likeness (QED) is 0.619. The molecule has 0 aliphatic heterocycles. The van der Waals surface area contributed by atoms with E-state index in [1.165, 1.54) is 18.3 Å². The first-order valence-electron chi connectivity index (χ1n) is 2.61. The molecule has 2 nitrogen and oxygen atoms in total. The highest BCUT2D eigenvalue weighted by Crippen LogP contribution is 2.34. The molecule has 0 N–H and O–H groups in total. The van der Waals surface area contributed by atoms with Gasteiger partial charge in [0.1, 0.15) is 5.03 Å². The van der Waals surface area contributed by atoms with Gasteiger partial charge in [0.15, 0.2) is 0 Å². The number of nitrogens with zero attached hydrogens (tertiary/aromatic N) is 2. The zero-order chi connectivity index (χ0) is 8.32. The average molecular weight is 180 g/mol. The summed E-state index contributed by atoms with van der Waals surface area (Å²) in [5.41, 5.74) is -4.28. The number of halogens is 3. The second kappa shape index (κ2) is 3.08. The first kappa shape index (κ1) is 8.32. The van der Waals surface area contributed by atoms with Gasteiger partial charge in [0, 0.05) is 18.0 Å². The number of alkyl halides is 3. The van der Waals surface area contributed by atoms with Gasteiger partial charge in [0.05, 0.1) is 0 Å². The van der Waals surface area contributed by atoms with Gasteiger partial charge in [0.25, 0.3) is 0 Å². The lowest BCUT2D eigenvalue weighted by atomic mass is 10.6. The minimum atomic E-state index is -4.28. The standard InChI is InChI=1S/C5H3F3N2S/c6-5(7,8)11-4-2-1-3-9-10-4/h1-3H. The van der Waals surface area contributed by atoms with Gasteiger partial charge in [0.2, 0.25) is 0 Å². The van der Waals surface area contributed by atoms with E-state index in [1.54, 1.807) is 0 Å². The van der Waals surface area contributed by atoms with E-state index >= 15 is 0 Å². The molecule has 0 spiro atoms. The number of rotatable bonds is 1. The number of hydrogen-bond donors (Lipinski definition) is 0. The first-order valence-corrected chi connectivity index (χ1v) is 3.43. The van der Waals surface area contributed by atoms with Crippen LogP contribution in [0.5, 0.6) is 0 Å².